The maximum Gasteiger partial charge on any atom is 0.337 e. The highest BCUT2D eigenvalue weighted by Gasteiger charge is 2.17. The SMILES string of the molecule is CCOC(C)Cn1c(CC)nc2c(C(=O)O)cccc21. The lowest BCUT2D eigenvalue weighted by Crippen LogP contribution is -2.18. The number of fused-ring (bicyclic) bond motifs is 1. The van der Waals surface area contributed by atoms with E-state index in [9.17, 15) is 9.90 Å². The van der Waals surface area contributed by atoms with Crippen molar-refractivity contribution in [1.82, 2.24) is 9.55 Å². The Labute approximate surface area is 118 Å². The lowest BCUT2D eigenvalue weighted by molar-refractivity contribution is 0.0642. The smallest absolute Gasteiger partial charge is 0.337 e. The molecule has 2 aromatic rings. The van der Waals surface area contributed by atoms with Crippen LogP contribution >= 0.6 is 0 Å². The van der Waals surface area contributed by atoms with Crippen molar-refractivity contribution < 1.29 is 14.6 Å². The lowest BCUT2D eigenvalue weighted by Gasteiger charge is -2.15. The maximum atomic E-state index is 11.3. The number of ether oxygens (including phenoxy) is 1. The molecule has 1 atom stereocenters. The van der Waals surface area contributed by atoms with Crippen LogP contribution in [-0.2, 0) is 17.7 Å². The van der Waals surface area contributed by atoms with Crippen molar-refractivity contribution in [2.24, 2.45) is 0 Å². The maximum absolute atomic E-state index is 11.3. The Morgan fingerprint density at radius 3 is 2.80 bits per heavy atom. The second-order valence-electron chi connectivity index (χ2n) is 4.74. The number of hydrogen-bond donors (Lipinski definition) is 1. The van der Waals surface area contributed by atoms with Gasteiger partial charge >= 0.3 is 5.97 Å². The van der Waals surface area contributed by atoms with Gasteiger partial charge < -0.3 is 14.4 Å². The van der Waals surface area contributed by atoms with E-state index >= 15 is 0 Å². The number of imidazole rings is 1. The number of hydrogen-bond acceptors (Lipinski definition) is 3. The molecule has 5 nitrogen and oxygen atoms in total. The molecule has 1 N–H and O–H groups in total. The molecular weight excluding hydrogens is 256 g/mol. The molecule has 0 amide bonds. The van der Waals surface area contributed by atoms with E-state index in [-0.39, 0.29) is 11.7 Å². The quantitative estimate of drug-likeness (QED) is 0.881. The van der Waals surface area contributed by atoms with Crippen LogP contribution in [0.2, 0.25) is 0 Å². The average Bonchev–Trinajstić information content (AvgIpc) is 2.76. The highest BCUT2D eigenvalue weighted by Crippen LogP contribution is 2.21. The van der Waals surface area contributed by atoms with Crippen LogP contribution < -0.4 is 0 Å². The fraction of sp³-hybridized carbons (Fsp3) is 0.467. The Morgan fingerprint density at radius 1 is 1.45 bits per heavy atom. The molecule has 0 aliphatic carbocycles. The Bertz CT molecular complexity index is 619. The molecular formula is C15H20N2O3. The van der Waals surface area contributed by atoms with Crippen molar-refractivity contribution in [3.8, 4) is 0 Å². The van der Waals surface area contributed by atoms with E-state index < -0.39 is 5.97 Å². The highest BCUT2D eigenvalue weighted by molar-refractivity contribution is 6.01. The van der Waals surface area contributed by atoms with Crippen LogP contribution in [0.1, 0.15) is 37.0 Å². The van der Waals surface area contributed by atoms with E-state index in [1.165, 1.54) is 0 Å². The average molecular weight is 276 g/mol. The molecule has 1 heterocycles. The fourth-order valence-corrected chi connectivity index (χ4v) is 2.44. The molecule has 0 aliphatic rings. The topological polar surface area (TPSA) is 64.4 Å². The molecule has 0 spiro atoms. The minimum absolute atomic E-state index is 0.0659. The number of carboxylic acids is 1. The van der Waals surface area contributed by atoms with Gasteiger partial charge in [0.25, 0.3) is 0 Å². The van der Waals surface area contributed by atoms with Crippen molar-refractivity contribution in [1.29, 1.82) is 0 Å². The summed E-state index contributed by atoms with van der Waals surface area (Å²) in [5.74, 6) is -0.0546. The van der Waals surface area contributed by atoms with Crippen LogP contribution in [0.3, 0.4) is 0 Å². The Kier molecular flexibility index (Phi) is 4.39. The first-order chi connectivity index (χ1) is 9.58. The molecule has 20 heavy (non-hydrogen) atoms. The van der Waals surface area contributed by atoms with Gasteiger partial charge in [0.15, 0.2) is 0 Å². The third-order valence-electron chi connectivity index (χ3n) is 3.30. The van der Waals surface area contributed by atoms with Gasteiger partial charge in [0.05, 0.1) is 23.7 Å². The van der Waals surface area contributed by atoms with Crippen LogP contribution in [0.15, 0.2) is 18.2 Å². The summed E-state index contributed by atoms with van der Waals surface area (Å²) in [5.41, 5.74) is 1.66. The van der Waals surface area contributed by atoms with Crippen molar-refractivity contribution in [3.63, 3.8) is 0 Å². The van der Waals surface area contributed by atoms with Gasteiger partial charge in [-0.25, -0.2) is 9.78 Å². The molecule has 108 valence electrons. The zero-order valence-corrected chi connectivity index (χ0v) is 12.1. The van der Waals surface area contributed by atoms with E-state index in [2.05, 4.69) is 9.55 Å². The molecule has 0 bridgehead atoms. The minimum Gasteiger partial charge on any atom is -0.478 e. The number of aromatic carboxylic acids is 1. The second kappa shape index (κ2) is 6.05. The first-order valence-corrected chi connectivity index (χ1v) is 6.91. The molecule has 2 rings (SSSR count). The molecule has 0 saturated heterocycles. The van der Waals surface area contributed by atoms with Gasteiger partial charge in [0, 0.05) is 13.0 Å². The minimum atomic E-state index is -0.944. The van der Waals surface area contributed by atoms with E-state index in [1.807, 2.05) is 26.8 Å². The number of para-hydroxylation sites is 1. The van der Waals surface area contributed by atoms with E-state index in [0.717, 1.165) is 17.8 Å². The molecule has 5 heteroatoms. The summed E-state index contributed by atoms with van der Waals surface area (Å²) in [6.07, 6.45) is 0.822. The molecule has 1 aromatic carbocycles. The van der Waals surface area contributed by atoms with E-state index in [0.29, 0.717) is 18.7 Å². The normalized spacial score (nSPS) is 12.8. The molecule has 0 aliphatic heterocycles. The highest BCUT2D eigenvalue weighted by atomic mass is 16.5. The first kappa shape index (κ1) is 14.5. The number of aryl methyl sites for hydroxylation is 1. The number of nitrogens with zero attached hydrogens (tertiary/aromatic N) is 2. The van der Waals surface area contributed by atoms with Gasteiger partial charge in [-0.1, -0.05) is 13.0 Å². The largest absolute Gasteiger partial charge is 0.478 e. The van der Waals surface area contributed by atoms with Gasteiger partial charge in [-0.2, -0.15) is 0 Å². The zero-order chi connectivity index (χ0) is 14.7. The van der Waals surface area contributed by atoms with Crippen molar-refractivity contribution >= 4 is 17.0 Å². The number of carboxylic acid groups (broad SMARTS) is 1. The van der Waals surface area contributed by atoms with Crippen LogP contribution in [0.5, 0.6) is 0 Å². The molecule has 1 aromatic heterocycles. The van der Waals surface area contributed by atoms with Crippen molar-refractivity contribution in [3.05, 3.63) is 29.6 Å². The number of rotatable bonds is 6. The molecule has 0 fully saturated rings. The Hall–Kier alpha value is -1.88. The van der Waals surface area contributed by atoms with E-state index in [4.69, 9.17) is 4.74 Å². The number of benzene rings is 1. The predicted molar refractivity (Wildman–Crippen MR) is 77.2 cm³/mol. The predicted octanol–water partition coefficient (Wildman–Crippen LogP) is 2.72. The van der Waals surface area contributed by atoms with Crippen molar-refractivity contribution in [2.75, 3.05) is 6.61 Å². The molecule has 0 radical (unpaired) electrons. The van der Waals surface area contributed by atoms with Crippen LogP contribution in [-0.4, -0.2) is 33.3 Å². The zero-order valence-electron chi connectivity index (χ0n) is 12.1. The molecule has 0 saturated carbocycles. The van der Waals surface area contributed by atoms with Crippen molar-refractivity contribution in [2.45, 2.75) is 39.8 Å². The third-order valence-corrected chi connectivity index (χ3v) is 3.30. The summed E-state index contributed by atoms with van der Waals surface area (Å²) < 4.78 is 7.63. The molecule has 1 unspecified atom stereocenters. The first-order valence-electron chi connectivity index (χ1n) is 6.91. The summed E-state index contributed by atoms with van der Waals surface area (Å²) in [7, 11) is 0. The summed E-state index contributed by atoms with van der Waals surface area (Å²) >= 11 is 0. The van der Waals surface area contributed by atoms with Crippen LogP contribution in [0.25, 0.3) is 11.0 Å². The Balaban J connectivity index is 2.52. The van der Waals surface area contributed by atoms with Gasteiger partial charge in [0.1, 0.15) is 11.3 Å². The lowest BCUT2D eigenvalue weighted by atomic mass is 10.2. The second-order valence-corrected chi connectivity index (χ2v) is 4.74. The van der Waals surface area contributed by atoms with Gasteiger partial charge in [0.2, 0.25) is 0 Å². The van der Waals surface area contributed by atoms with Gasteiger partial charge in [-0.05, 0) is 26.0 Å². The van der Waals surface area contributed by atoms with E-state index in [1.54, 1.807) is 12.1 Å². The monoisotopic (exact) mass is 276 g/mol. The van der Waals surface area contributed by atoms with Gasteiger partial charge in [-0.3, -0.25) is 0 Å². The van der Waals surface area contributed by atoms with Gasteiger partial charge in [-0.15, -0.1) is 0 Å². The van der Waals surface area contributed by atoms with Crippen LogP contribution in [0, 0.1) is 0 Å². The summed E-state index contributed by atoms with van der Waals surface area (Å²) in [4.78, 5) is 15.8. The van der Waals surface area contributed by atoms with Crippen LogP contribution in [0.4, 0.5) is 0 Å². The summed E-state index contributed by atoms with van der Waals surface area (Å²) in [6.45, 7) is 7.33. The Morgan fingerprint density at radius 2 is 2.20 bits per heavy atom. The third kappa shape index (κ3) is 2.67. The number of aromatic nitrogens is 2. The number of carbonyl (C=O) groups is 1. The summed E-state index contributed by atoms with van der Waals surface area (Å²) in [6, 6.07) is 5.26. The summed E-state index contributed by atoms with van der Waals surface area (Å²) in [5, 5.41) is 9.25. The standard InChI is InChI=1S/C15H20N2O3/c1-4-13-16-14-11(15(18)19)7-6-8-12(14)17(13)9-10(3)20-5-2/h6-8,10H,4-5,9H2,1-3H3,(H,18,19). The fourth-order valence-electron chi connectivity index (χ4n) is 2.44.